The molecule has 1 unspecified atom stereocenters. The molecule has 2 aromatic carbocycles. The summed E-state index contributed by atoms with van der Waals surface area (Å²) in [6.07, 6.45) is 3.04. The number of carbonyl (C=O) groups excluding carboxylic acids is 2. The van der Waals surface area contributed by atoms with Gasteiger partial charge >= 0.3 is 0 Å². The third-order valence-electron chi connectivity index (χ3n) is 4.16. The van der Waals surface area contributed by atoms with E-state index in [0.717, 1.165) is 5.56 Å². The first-order valence-electron chi connectivity index (χ1n) is 9.10. The number of aromatic nitrogens is 1. The SMILES string of the molecule is COc1ccc(-c2csc(NC(=O)C(C)NC(=O)/C=C/c3ccccc3)n2)cc1F. The largest absolute Gasteiger partial charge is 0.494 e. The van der Waals surface area contributed by atoms with Crippen molar-refractivity contribution in [2.75, 3.05) is 12.4 Å². The Hall–Kier alpha value is -3.52. The van der Waals surface area contributed by atoms with Crippen LogP contribution >= 0.6 is 11.3 Å². The zero-order valence-corrected chi connectivity index (χ0v) is 17.2. The number of hydrogen-bond donors (Lipinski definition) is 2. The van der Waals surface area contributed by atoms with Crippen LogP contribution in [0.25, 0.3) is 17.3 Å². The molecule has 0 saturated heterocycles. The highest BCUT2D eigenvalue weighted by Crippen LogP contribution is 2.28. The van der Waals surface area contributed by atoms with E-state index in [2.05, 4.69) is 15.6 Å². The van der Waals surface area contributed by atoms with E-state index >= 15 is 0 Å². The standard InChI is InChI=1S/C22H20FN3O3S/c1-14(24-20(27)11-8-15-6-4-3-5-7-15)21(28)26-22-25-18(13-30-22)16-9-10-19(29-2)17(23)12-16/h3-14H,1-2H3,(H,24,27)(H,25,26,28)/b11-8+. The number of amides is 2. The van der Waals surface area contributed by atoms with Gasteiger partial charge in [0.2, 0.25) is 11.8 Å². The Morgan fingerprint density at radius 2 is 1.97 bits per heavy atom. The molecule has 154 valence electrons. The van der Waals surface area contributed by atoms with Gasteiger partial charge in [-0.1, -0.05) is 30.3 Å². The zero-order chi connectivity index (χ0) is 21.5. The Morgan fingerprint density at radius 3 is 2.67 bits per heavy atom. The van der Waals surface area contributed by atoms with Gasteiger partial charge in [0.25, 0.3) is 0 Å². The Balaban J connectivity index is 1.57. The predicted molar refractivity (Wildman–Crippen MR) is 116 cm³/mol. The molecule has 1 aromatic heterocycles. The van der Waals surface area contributed by atoms with Crippen LogP contribution < -0.4 is 15.4 Å². The molecule has 0 fully saturated rings. The van der Waals surface area contributed by atoms with Gasteiger partial charge in [0.15, 0.2) is 16.7 Å². The van der Waals surface area contributed by atoms with Crippen molar-refractivity contribution in [3.63, 3.8) is 0 Å². The number of carbonyl (C=O) groups is 2. The summed E-state index contributed by atoms with van der Waals surface area (Å²) in [5.74, 6) is -1.13. The van der Waals surface area contributed by atoms with Gasteiger partial charge in [0.1, 0.15) is 6.04 Å². The van der Waals surface area contributed by atoms with Gasteiger partial charge in [-0.15, -0.1) is 11.3 Å². The van der Waals surface area contributed by atoms with Crippen molar-refractivity contribution >= 4 is 34.4 Å². The molecule has 2 amide bonds. The molecule has 30 heavy (non-hydrogen) atoms. The van der Waals surface area contributed by atoms with Crippen LogP contribution in [0.3, 0.4) is 0 Å². The van der Waals surface area contributed by atoms with Crippen LogP contribution in [0, 0.1) is 5.82 Å². The predicted octanol–water partition coefficient (Wildman–Crippen LogP) is 4.11. The Kier molecular flexibility index (Phi) is 6.92. The highest BCUT2D eigenvalue weighted by Gasteiger charge is 2.16. The minimum absolute atomic E-state index is 0.147. The lowest BCUT2D eigenvalue weighted by Gasteiger charge is -2.11. The lowest BCUT2D eigenvalue weighted by molar-refractivity contribution is -0.123. The summed E-state index contributed by atoms with van der Waals surface area (Å²) >= 11 is 1.21. The molecule has 6 nitrogen and oxygen atoms in total. The Morgan fingerprint density at radius 1 is 1.20 bits per heavy atom. The first-order valence-corrected chi connectivity index (χ1v) is 9.98. The van der Waals surface area contributed by atoms with Crippen LogP contribution in [0.2, 0.25) is 0 Å². The molecule has 8 heteroatoms. The number of thiazole rings is 1. The number of ether oxygens (including phenoxy) is 1. The van der Waals surface area contributed by atoms with E-state index in [1.807, 2.05) is 30.3 Å². The fourth-order valence-corrected chi connectivity index (χ4v) is 3.29. The third kappa shape index (κ3) is 5.51. The number of halogens is 1. The molecule has 0 saturated carbocycles. The molecule has 2 N–H and O–H groups in total. The number of nitrogens with one attached hydrogen (secondary N) is 2. The molecule has 1 heterocycles. The van der Waals surface area contributed by atoms with Crippen LogP contribution in [0.1, 0.15) is 12.5 Å². The Labute approximate surface area is 177 Å². The van der Waals surface area contributed by atoms with E-state index in [0.29, 0.717) is 16.4 Å². The van der Waals surface area contributed by atoms with Crippen molar-refractivity contribution in [2.45, 2.75) is 13.0 Å². The second kappa shape index (κ2) is 9.80. The average molecular weight is 425 g/mol. The molecule has 0 aliphatic rings. The van der Waals surface area contributed by atoms with Crippen molar-refractivity contribution < 1.29 is 18.7 Å². The van der Waals surface area contributed by atoms with E-state index in [4.69, 9.17) is 4.74 Å². The van der Waals surface area contributed by atoms with Crippen molar-refractivity contribution in [3.05, 3.63) is 71.4 Å². The fourth-order valence-electron chi connectivity index (χ4n) is 2.57. The average Bonchev–Trinajstić information content (AvgIpc) is 3.21. The summed E-state index contributed by atoms with van der Waals surface area (Å²) < 4.78 is 18.8. The first kappa shape index (κ1) is 21.2. The van der Waals surface area contributed by atoms with E-state index in [9.17, 15) is 14.0 Å². The topological polar surface area (TPSA) is 80.3 Å². The molecular weight excluding hydrogens is 405 g/mol. The van der Waals surface area contributed by atoms with Crippen LogP contribution in [-0.2, 0) is 9.59 Å². The highest BCUT2D eigenvalue weighted by molar-refractivity contribution is 7.14. The lowest BCUT2D eigenvalue weighted by Crippen LogP contribution is -2.40. The number of methoxy groups -OCH3 is 1. The Bertz CT molecular complexity index is 1070. The van der Waals surface area contributed by atoms with Crippen LogP contribution in [-0.4, -0.2) is 29.9 Å². The van der Waals surface area contributed by atoms with Gasteiger partial charge < -0.3 is 15.4 Å². The molecule has 1 atom stereocenters. The van der Waals surface area contributed by atoms with Gasteiger partial charge in [-0.05, 0) is 36.8 Å². The monoisotopic (exact) mass is 425 g/mol. The summed E-state index contributed by atoms with van der Waals surface area (Å²) in [6.45, 7) is 1.58. The van der Waals surface area contributed by atoms with Crippen molar-refractivity contribution in [1.82, 2.24) is 10.3 Å². The van der Waals surface area contributed by atoms with Gasteiger partial charge in [-0.3, -0.25) is 9.59 Å². The van der Waals surface area contributed by atoms with E-state index in [1.54, 1.807) is 24.4 Å². The summed E-state index contributed by atoms with van der Waals surface area (Å²) in [5, 5.41) is 7.33. The van der Waals surface area contributed by atoms with Crippen molar-refractivity contribution in [3.8, 4) is 17.0 Å². The minimum Gasteiger partial charge on any atom is -0.494 e. The van der Waals surface area contributed by atoms with Gasteiger partial charge in [-0.25, -0.2) is 9.37 Å². The van der Waals surface area contributed by atoms with Gasteiger partial charge in [-0.2, -0.15) is 0 Å². The minimum atomic E-state index is -0.760. The van der Waals surface area contributed by atoms with Crippen molar-refractivity contribution in [1.29, 1.82) is 0 Å². The zero-order valence-electron chi connectivity index (χ0n) is 16.4. The molecule has 0 aliphatic heterocycles. The fraction of sp³-hybridized carbons (Fsp3) is 0.136. The first-order chi connectivity index (χ1) is 14.5. The maximum absolute atomic E-state index is 13.9. The third-order valence-corrected chi connectivity index (χ3v) is 4.92. The smallest absolute Gasteiger partial charge is 0.248 e. The normalized spacial score (nSPS) is 11.8. The molecule has 0 aliphatic carbocycles. The van der Waals surface area contributed by atoms with Crippen LogP contribution in [0.15, 0.2) is 60.0 Å². The summed E-state index contributed by atoms with van der Waals surface area (Å²) in [7, 11) is 1.39. The molecule has 0 radical (unpaired) electrons. The second-order valence-electron chi connectivity index (χ2n) is 6.35. The quantitative estimate of drug-likeness (QED) is 0.558. The van der Waals surface area contributed by atoms with Crippen LogP contribution in [0.5, 0.6) is 5.75 Å². The van der Waals surface area contributed by atoms with Gasteiger partial charge in [0.05, 0.1) is 12.8 Å². The van der Waals surface area contributed by atoms with Crippen LogP contribution in [0.4, 0.5) is 9.52 Å². The van der Waals surface area contributed by atoms with E-state index in [-0.39, 0.29) is 11.7 Å². The number of rotatable bonds is 7. The number of anilines is 1. The highest BCUT2D eigenvalue weighted by atomic mass is 32.1. The summed E-state index contributed by atoms with van der Waals surface area (Å²) in [4.78, 5) is 28.7. The lowest BCUT2D eigenvalue weighted by atomic mass is 10.1. The molecule has 0 spiro atoms. The summed E-state index contributed by atoms with van der Waals surface area (Å²) in [6, 6.07) is 13.1. The molecule has 0 bridgehead atoms. The van der Waals surface area contributed by atoms with Gasteiger partial charge in [0, 0.05) is 17.0 Å². The number of nitrogens with zero attached hydrogens (tertiary/aromatic N) is 1. The maximum Gasteiger partial charge on any atom is 0.248 e. The maximum atomic E-state index is 13.9. The molecule has 3 aromatic rings. The number of benzene rings is 2. The molecule has 3 rings (SSSR count). The van der Waals surface area contributed by atoms with E-state index < -0.39 is 17.8 Å². The summed E-state index contributed by atoms with van der Waals surface area (Å²) in [5.41, 5.74) is 1.98. The second-order valence-corrected chi connectivity index (χ2v) is 7.21. The number of hydrogen-bond acceptors (Lipinski definition) is 5. The van der Waals surface area contributed by atoms with Crippen molar-refractivity contribution in [2.24, 2.45) is 0 Å². The van der Waals surface area contributed by atoms with E-state index in [1.165, 1.54) is 36.7 Å². The molecular formula is C22H20FN3O3S.